The van der Waals surface area contributed by atoms with Gasteiger partial charge in [0.15, 0.2) is 11.0 Å². The second kappa shape index (κ2) is 11.3. The third-order valence-corrected chi connectivity index (χ3v) is 5.73. The highest BCUT2D eigenvalue weighted by Crippen LogP contribution is 2.26. The minimum atomic E-state index is -4.49. The average molecular weight is 479 g/mol. The maximum Gasteiger partial charge on any atom is 0.406 e. The lowest BCUT2D eigenvalue weighted by Crippen LogP contribution is -2.39. The SMILES string of the molecule is COCCn1c(SCC(=O)N(Cc2ccccc2)CC(F)(F)F)nnc1-c1cccc(C)c1. The van der Waals surface area contributed by atoms with Crippen LogP contribution < -0.4 is 0 Å². The number of methoxy groups -OCH3 is 1. The third-order valence-electron chi connectivity index (χ3n) is 4.78. The van der Waals surface area contributed by atoms with Crippen LogP contribution in [-0.4, -0.2) is 57.8 Å². The van der Waals surface area contributed by atoms with E-state index in [4.69, 9.17) is 4.74 Å². The lowest BCUT2D eigenvalue weighted by Gasteiger charge is -2.24. The number of aryl methyl sites for hydroxylation is 1. The standard InChI is InChI=1S/C23H25F3N4O2S/c1-17-7-6-10-19(13-17)21-27-28-22(30(21)11-12-32-2)33-15-20(31)29(16-23(24,25)26)14-18-8-4-3-5-9-18/h3-10,13H,11-12,14-16H2,1-2H3. The van der Waals surface area contributed by atoms with Gasteiger partial charge in [0.05, 0.1) is 18.9 Å². The third kappa shape index (κ3) is 7.33. The van der Waals surface area contributed by atoms with Crippen LogP contribution in [0.2, 0.25) is 0 Å². The molecular weight excluding hydrogens is 453 g/mol. The zero-order chi connectivity index (χ0) is 23.8. The Hall–Kier alpha value is -2.85. The number of carbonyl (C=O) groups excluding carboxylic acids is 1. The minimum Gasteiger partial charge on any atom is -0.383 e. The first kappa shape index (κ1) is 24.8. The van der Waals surface area contributed by atoms with Crippen molar-refractivity contribution in [3.63, 3.8) is 0 Å². The molecule has 0 atom stereocenters. The second-order valence-electron chi connectivity index (χ2n) is 7.46. The second-order valence-corrected chi connectivity index (χ2v) is 8.40. The molecule has 0 aliphatic carbocycles. The van der Waals surface area contributed by atoms with Gasteiger partial charge in [-0.1, -0.05) is 65.9 Å². The molecule has 1 amide bonds. The highest BCUT2D eigenvalue weighted by atomic mass is 32.2. The van der Waals surface area contributed by atoms with Gasteiger partial charge in [-0.3, -0.25) is 9.36 Å². The molecule has 0 saturated carbocycles. The van der Waals surface area contributed by atoms with Gasteiger partial charge in [-0.2, -0.15) is 13.2 Å². The van der Waals surface area contributed by atoms with Gasteiger partial charge in [-0.25, -0.2) is 0 Å². The van der Waals surface area contributed by atoms with Gasteiger partial charge >= 0.3 is 6.18 Å². The lowest BCUT2D eigenvalue weighted by atomic mass is 10.1. The summed E-state index contributed by atoms with van der Waals surface area (Å²) in [5.41, 5.74) is 2.55. The first-order valence-electron chi connectivity index (χ1n) is 10.3. The molecule has 1 aromatic heterocycles. The molecule has 0 bridgehead atoms. The number of rotatable bonds is 10. The molecule has 6 nitrogen and oxygen atoms in total. The van der Waals surface area contributed by atoms with Gasteiger partial charge in [0, 0.05) is 19.2 Å². The van der Waals surface area contributed by atoms with E-state index in [0.717, 1.165) is 27.8 Å². The molecule has 33 heavy (non-hydrogen) atoms. The Morgan fingerprint density at radius 2 is 1.88 bits per heavy atom. The van der Waals surface area contributed by atoms with Crippen molar-refractivity contribution >= 4 is 17.7 Å². The number of aromatic nitrogens is 3. The fourth-order valence-corrected chi connectivity index (χ4v) is 4.11. The van der Waals surface area contributed by atoms with Gasteiger partial charge in [-0.05, 0) is 18.6 Å². The first-order chi connectivity index (χ1) is 15.8. The summed E-state index contributed by atoms with van der Waals surface area (Å²) in [5, 5.41) is 8.90. The Balaban J connectivity index is 1.77. The Labute approximate surface area is 194 Å². The van der Waals surface area contributed by atoms with Crippen molar-refractivity contribution < 1.29 is 22.7 Å². The summed E-state index contributed by atoms with van der Waals surface area (Å²) in [6.07, 6.45) is -4.49. The Morgan fingerprint density at radius 1 is 1.12 bits per heavy atom. The normalized spacial score (nSPS) is 11.5. The van der Waals surface area contributed by atoms with E-state index in [9.17, 15) is 18.0 Å². The highest BCUT2D eigenvalue weighted by Gasteiger charge is 2.33. The zero-order valence-electron chi connectivity index (χ0n) is 18.4. The van der Waals surface area contributed by atoms with Crippen LogP contribution in [0.5, 0.6) is 0 Å². The highest BCUT2D eigenvalue weighted by molar-refractivity contribution is 7.99. The molecule has 1 heterocycles. The fraction of sp³-hybridized carbons (Fsp3) is 0.348. The van der Waals surface area contributed by atoms with E-state index in [-0.39, 0.29) is 12.3 Å². The van der Waals surface area contributed by atoms with Crippen LogP contribution in [0.3, 0.4) is 0 Å². The number of hydrogen-bond donors (Lipinski definition) is 0. The number of thioether (sulfide) groups is 1. The summed E-state index contributed by atoms with van der Waals surface area (Å²) < 4.78 is 46.4. The predicted octanol–water partition coefficient (Wildman–Crippen LogP) is 4.58. The van der Waals surface area contributed by atoms with Crippen molar-refractivity contribution in [3.8, 4) is 11.4 Å². The Bertz CT molecular complexity index is 1060. The summed E-state index contributed by atoms with van der Waals surface area (Å²) in [5.74, 6) is -0.205. The van der Waals surface area contributed by atoms with E-state index < -0.39 is 18.6 Å². The van der Waals surface area contributed by atoms with Crippen molar-refractivity contribution in [2.45, 2.75) is 31.3 Å². The molecule has 0 saturated heterocycles. The Morgan fingerprint density at radius 3 is 2.55 bits per heavy atom. The van der Waals surface area contributed by atoms with E-state index in [0.29, 0.717) is 29.7 Å². The molecule has 0 fully saturated rings. The smallest absolute Gasteiger partial charge is 0.383 e. The first-order valence-corrected chi connectivity index (χ1v) is 11.3. The van der Waals surface area contributed by atoms with Gasteiger partial charge < -0.3 is 9.64 Å². The van der Waals surface area contributed by atoms with E-state index in [2.05, 4.69) is 10.2 Å². The van der Waals surface area contributed by atoms with Gasteiger partial charge in [-0.15, -0.1) is 10.2 Å². The molecule has 0 aliphatic rings. The number of nitrogens with zero attached hydrogens (tertiary/aromatic N) is 4. The van der Waals surface area contributed by atoms with Crippen molar-refractivity contribution in [2.75, 3.05) is 26.0 Å². The fourth-order valence-electron chi connectivity index (χ4n) is 3.25. The summed E-state index contributed by atoms with van der Waals surface area (Å²) in [6.45, 7) is 1.37. The van der Waals surface area contributed by atoms with Crippen LogP contribution in [0.15, 0.2) is 59.8 Å². The maximum atomic E-state index is 13.1. The number of carbonyl (C=O) groups is 1. The largest absolute Gasteiger partial charge is 0.406 e. The molecule has 0 aliphatic heterocycles. The monoisotopic (exact) mass is 478 g/mol. The molecule has 3 rings (SSSR count). The molecule has 3 aromatic rings. The topological polar surface area (TPSA) is 60.2 Å². The van der Waals surface area contributed by atoms with Crippen LogP contribution in [0.4, 0.5) is 13.2 Å². The molecule has 2 aromatic carbocycles. The number of halogens is 3. The minimum absolute atomic E-state index is 0.120. The van der Waals surface area contributed by atoms with Crippen LogP contribution in [-0.2, 0) is 22.6 Å². The Kier molecular flexibility index (Phi) is 8.51. The zero-order valence-corrected chi connectivity index (χ0v) is 19.2. The molecule has 0 unspecified atom stereocenters. The van der Waals surface area contributed by atoms with E-state index in [1.165, 1.54) is 0 Å². The predicted molar refractivity (Wildman–Crippen MR) is 121 cm³/mol. The number of hydrogen-bond acceptors (Lipinski definition) is 5. The summed E-state index contributed by atoms with van der Waals surface area (Å²) in [7, 11) is 1.58. The maximum absolute atomic E-state index is 13.1. The average Bonchev–Trinajstić information content (AvgIpc) is 3.18. The van der Waals surface area contributed by atoms with Crippen LogP contribution in [0.1, 0.15) is 11.1 Å². The number of ether oxygens (including phenoxy) is 1. The molecule has 0 radical (unpaired) electrons. The van der Waals surface area contributed by atoms with Crippen LogP contribution >= 0.6 is 11.8 Å². The van der Waals surface area contributed by atoms with Gasteiger partial charge in [0.1, 0.15) is 6.54 Å². The molecule has 10 heteroatoms. The van der Waals surface area contributed by atoms with Crippen molar-refractivity contribution in [2.24, 2.45) is 0 Å². The van der Waals surface area contributed by atoms with Crippen molar-refractivity contribution in [3.05, 3.63) is 65.7 Å². The number of alkyl halides is 3. The quantitative estimate of drug-likeness (QED) is 0.399. The number of benzene rings is 2. The van der Waals surface area contributed by atoms with Crippen molar-refractivity contribution in [1.29, 1.82) is 0 Å². The summed E-state index contributed by atoms with van der Waals surface area (Å²) in [6, 6.07) is 16.4. The summed E-state index contributed by atoms with van der Waals surface area (Å²) in [4.78, 5) is 13.6. The van der Waals surface area contributed by atoms with E-state index >= 15 is 0 Å². The molecular formula is C23H25F3N4O2S. The van der Waals surface area contributed by atoms with Crippen LogP contribution in [0, 0.1) is 6.92 Å². The summed E-state index contributed by atoms with van der Waals surface area (Å²) >= 11 is 1.07. The molecule has 0 spiro atoms. The number of amides is 1. The molecule has 0 N–H and O–H groups in total. The van der Waals surface area contributed by atoms with Gasteiger partial charge in [0.2, 0.25) is 5.91 Å². The molecule has 176 valence electrons. The van der Waals surface area contributed by atoms with Crippen molar-refractivity contribution in [1.82, 2.24) is 19.7 Å². The van der Waals surface area contributed by atoms with E-state index in [1.54, 1.807) is 37.4 Å². The lowest BCUT2D eigenvalue weighted by molar-refractivity contribution is -0.160. The van der Waals surface area contributed by atoms with E-state index in [1.807, 2.05) is 35.8 Å². The van der Waals surface area contributed by atoms with Crippen LogP contribution in [0.25, 0.3) is 11.4 Å². The van der Waals surface area contributed by atoms with Gasteiger partial charge in [0.25, 0.3) is 0 Å².